The van der Waals surface area contributed by atoms with Crippen LogP contribution in [0.4, 0.5) is 0 Å². The third-order valence-corrected chi connectivity index (χ3v) is 3.05. The summed E-state index contributed by atoms with van der Waals surface area (Å²) in [5.41, 5.74) is -0.458. The lowest BCUT2D eigenvalue weighted by atomic mass is 9.95. The number of pyridine rings is 1. The van der Waals surface area contributed by atoms with Crippen LogP contribution in [0.15, 0.2) is 18.2 Å². The predicted octanol–water partition coefficient (Wildman–Crippen LogP) is 1.08. The van der Waals surface area contributed by atoms with Gasteiger partial charge in [0.2, 0.25) is 0 Å². The number of ether oxygens (including phenoxy) is 1. The highest BCUT2D eigenvalue weighted by Crippen LogP contribution is 2.18. The first-order chi connectivity index (χ1) is 9.00. The molecule has 1 saturated heterocycles. The number of rotatable bonds is 3. The fourth-order valence-corrected chi connectivity index (χ4v) is 2.05. The molecule has 1 fully saturated rings. The number of carboxylic acid groups (broad SMARTS) is 1. The Morgan fingerprint density at radius 1 is 1.42 bits per heavy atom. The zero-order valence-corrected chi connectivity index (χ0v) is 10.7. The van der Waals surface area contributed by atoms with Crippen LogP contribution in [0, 0.1) is 0 Å². The van der Waals surface area contributed by atoms with Gasteiger partial charge in [-0.05, 0) is 31.9 Å². The third-order valence-electron chi connectivity index (χ3n) is 3.05. The Hall–Kier alpha value is -1.95. The molecule has 0 bridgehead atoms. The van der Waals surface area contributed by atoms with Gasteiger partial charge in [0, 0.05) is 6.61 Å². The fourth-order valence-electron chi connectivity index (χ4n) is 2.05. The maximum atomic E-state index is 12.1. The van der Waals surface area contributed by atoms with E-state index in [1.807, 2.05) is 6.92 Å². The summed E-state index contributed by atoms with van der Waals surface area (Å²) in [7, 11) is 0. The van der Waals surface area contributed by atoms with Crippen molar-refractivity contribution in [3.8, 4) is 0 Å². The van der Waals surface area contributed by atoms with E-state index in [0.29, 0.717) is 13.2 Å². The summed E-state index contributed by atoms with van der Waals surface area (Å²) >= 11 is 0. The monoisotopic (exact) mass is 264 g/mol. The largest absolute Gasteiger partial charge is 0.477 e. The molecule has 102 valence electrons. The molecular weight excluding hydrogens is 248 g/mol. The van der Waals surface area contributed by atoms with Crippen LogP contribution in [0.5, 0.6) is 0 Å². The number of aromatic nitrogens is 1. The van der Waals surface area contributed by atoms with Gasteiger partial charge in [0.1, 0.15) is 11.4 Å². The van der Waals surface area contributed by atoms with Gasteiger partial charge in [0.05, 0.1) is 12.1 Å². The molecule has 2 N–H and O–H groups in total. The lowest BCUT2D eigenvalue weighted by Gasteiger charge is -2.34. The fraction of sp³-hybridized carbons (Fsp3) is 0.462. The van der Waals surface area contributed by atoms with Crippen LogP contribution < -0.4 is 5.32 Å². The Bertz CT molecular complexity index is 495. The normalized spacial score (nSPS) is 22.8. The van der Waals surface area contributed by atoms with Crippen LogP contribution in [-0.2, 0) is 4.74 Å². The van der Waals surface area contributed by atoms with Gasteiger partial charge in [-0.15, -0.1) is 0 Å². The molecular formula is C13H16N2O4. The Morgan fingerprint density at radius 3 is 2.79 bits per heavy atom. The maximum Gasteiger partial charge on any atom is 0.354 e. The predicted molar refractivity (Wildman–Crippen MR) is 67.1 cm³/mol. The van der Waals surface area contributed by atoms with E-state index in [9.17, 15) is 9.59 Å². The van der Waals surface area contributed by atoms with Gasteiger partial charge in [-0.1, -0.05) is 6.07 Å². The molecule has 19 heavy (non-hydrogen) atoms. The lowest BCUT2D eigenvalue weighted by molar-refractivity contribution is 0.0271. The molecule has 0 radical (unpaired) electrons. The van der Waals surface area contributed by atoms with E-state index in [1.54, 1.807) is 0 Å². The topological polar surface area (TPSA) is 88.5 Å². The van der Waals surface area contributed by atoms with E-state index in [1.165, 1.54) is 18.2 Å². The molecule has 0 spiro atoms. The SMILES string of the molecule is CC1(NC(=O)c2cccc(C(=O)O)n2)CCCOC1. The molecule has 6 heteroatoms. The molecule has 1 aromatic rings. The van der Waals surface area contributed by atoms with E-state index < -0.39 is 11.5 Å². The van der Waals surface area contributed by atoms with Crippen molar-refractivity contribution in [3.63, 3.8) is 0 Å². The van der Waals surface area contributed by atoms with Crippen LogP contribution in [0.1, 0.15) is 40.7 Å². The van der Waals surface area contributed by atoms with Crippen molar-refractivity contribution < 1.29 is 19.4 Å². The zero-order valence-electron chi connectivity index (χ0n) is 10.7. The minimum Gasteiger partial charge on any atom is -0.477 e. The molecule has 0 aliphatic carbocycles. The molecule has 2 heterocycles. The van der Waals surface area contributed by atoms with Gasteiger partial charge in [-0.3, -0.25) is 4.79 Å². The highest BCUT2D eigenvalue weighted by Gasteiger charge is 2.30. The molecule has 1 aliphatic heterocycles. The smallest absolute Gasteiger partial charge is 0.354 e. The second-order valence-electron chi connectivity index (χ2n) is 4.88. The molecule has 6 nitrogen and oxygen atoms in total. The zero-order chi connectivity index (χ0) is 13.9. The van der Waals surface area contributed by atoms with Crippen molar-refractivity contribution >= 4 is 11.9 Å². The quantitative estimate of drug-likeness (QED) is 0.852. The molecule has 1 aliphatic rings. The third kappa shape index (κ3) is 3.29. The number of nitrogens with one attached hydrogen (secondary N) is 1. The summed E-state index contributed by atoms with van der Waals surface area (Å²) in [5.74, 6) is -1.53. The molecule has 1 atom stereocenters. The highest BCUT2D eigenvalue weighted by atomic mass is 16.5. The first kappa shape index (κ1) is 13.5. The van der Waals surface area contributed by atoms with Gasteiger partial charge >= 0.3 is 5.97 Å². The molecule has 1 aromatic heterocycles. The van der Waals surface area contributed by atoms with Crippen LogP contribution in [0.2, 0.25) is 0 Å². The van der Waals surface area contributed by atoms with Gasteiger partial charge < -0.3 is 15.2 Å². The maximum absolute atomic E-state index is 12.1. The summed E-state index contributed by atoms with van der Waals surface area (Å²) < 4.78 is 5.35. The number of carbonyl (C=O) groups is 2. The Kier molecular flexibility index (Phi) is 3.80. The number of hydrogen-bond donors (Lipinski definition) is 2. The summed E-state index contributed by atoms with van der Waals surface area (Å²) in [6, 6.07) is 4.35. The van der Waals surface area contributed by atoms with Gasteiger partial charge in [0.25, 0.3) is 5.91 Å². The van der Waals surface area contributed by atoms with Crippen molar-refractivity contribution in [2.75, 3.05) is 13.2 Å². The van der Waals surface area contributed by atoms with Crippen LogP contribution in [0.3, 0.4) is 0 Å². The van der Waals surface area contributed by atoms with E-state index in [2.05, 4.69) is 10.3 Å². The summed E-state index contributed by atoms with van der Waals surface area (Å²) in [5, 5.41) is 11.7. The second-order valence-corrected chi connectivity index (χ2v) is 4.88. The summed E-state index contributed by atoms with van der Waals surface area (Å²) in [6.45, 7) is 3.07. The van der Waals surface area contributed by atoms with Crippen molar-refractivity contribution in [1.29, 1.82) is 0 Å². The molecule has 1 unspecified atom stereocenters. The lowest BCUT2D eigenvalue weighted by Crippen LogP contribution is -2.51. The Balaban J connectivity index is 2.11. The van der Waals surface area contributed by atoms with Crippen LogP contribution >= 0.6 is 0 Å². The van der Waals surface area contributed by atoms with Crippen molar-refractivity contribution in [2.45, 2.75) is 25.3 Å². The Morgan fingerprint density at radius 2 is 2.16 bits per heavy atom. The average Bonchev–Trinajstić information content (AvgIpc) is 2.39. The summed E-state index contributed by atoms with van der Waals surface area (Å²) in [6.07, 6.45) is 1.72. The van der Waals surface area contributed by atoms with E-state index in [4.69, 9.17) is 9.84 Å². The van der Waals surface area contributed by atoms with Crippen molar-refractivity contribution in [2.24, 2.45) is 0 Å². The number of hydrogen-bond acceptors (Lipinski definition) is 4. The number of carboxylic acids is 1. The van der Waals surface area contributed by atoms with Crippen molar-refractivity contribution in [3.05, 3.63) is 29.6 Å². The molecule has 1 amide bonds. The molecule has 2 rings (SSSR count). The van der Waals surface area contributed by atoms with Crippen LogP contribution in [-0.4, -0.2) is 40.7 Å². The minimum atomic E-state index is -1.15. The van der Waals surface area contributed by atoms with E-state index in [-0.39, 0.29) is 17.3 Å². The van der Waals surface area contributed by atoms with Gasteiger partial charge in [-0.2, -0.15) is 0 Å². The van der Waals surface area contributed by atoms with E-state index in [0.717, 1.165) is 12.8 Å². The number of carbonyl (C=O) groups excluding carboxylic acids is 1. The van der Waals surface area contributed by atoms with Crippen LogP contribution in [0.25, 0.3) is 0 Å². The standard InChI is InChI=1S/C13H16N2O4/c1-13(6-3-7-19-8-13)15-11(16)9-4-2-5-10(14-9)12(17)18/h2,4-5H,3,6-8H2,1H3,(H,15,16)(H,17,18). The number of amides is 1. The minimum absolute atomic E-state index is 0.103. The van der Waals surface area contributed by atoms with E-state index >= 15 is 0 Å². The van der Waals surface area contributed by atoms with Gasteiger partial charge in [0.15, 0.2) is 0 Å². The average molecular weight is 264 g/mol. The van der Waals surface area contributed by atoms with Crippen molar-refractivity contribution in [1.82, 2.24) is 10.3 Å². The van der Waals surface area contributed by atoms with Gasteiger partial charge in [-0.25, -0.2) is 9.78 Å². The second kappa shape index (κ2) is 5.36. The number of aromatic carboxylic acids is 1. The first-order valence-electron chi connectivity index (χ1n) is 6.11. The molecule has 0 saturated carbocycles. The number of nitrogens with zero attached hydrogens (tertiary/aromatic N) is 1. The summed E-state index contributed by atoms with van der Waals surface area (Å²) in [4.78, 5) is 26.7. The Labute approximate surface area is 110 Å². The molecule has 0 aromatic carbocycles. The highest BCUT2D eigenvalue weighted by molar-refractivity contribution is 5.94. The first-order valence-corrected chi connectivity index (χ1v) is 6.11.